The third-order valence-electron chi connectivity index (χ3n) is 3.41. The Kier molecular flexibility index (Phi) is 7.04. The summed E-state index contributed by atoms with van der Waals surface area (Å²) in [6.07, 6.45) is 1.29. The Labute approximate surface area is 140 Å². The van der Waals surface area contributed by atoms with E-state index in [4.69, 9.17) is 11.6 Å². The second-order valence-electron chi connectivity index (χ2n) is 5.28. The minimum absolute atomic E-state index is 0.0235. The zero-order valence-corrected chi connectivity index (χ0v) is 13.6. The van der Waals surface area contributed by atoms with Crippen molar-refractivity contribution in [2.24, 2.45) is 0 Å². The molecule has 0 saturated heterocycles. The van der Waals surface area contributed by atoms with Crippen LogP contribution in [0.25, 0.3) is 0 Å². The molecule has 0 aliphatic carbocycles. The average molecular weight is 335 g/mol. The predicted octanol–water partition coefficient (Wildman–Crippen LogP) is 3.32. The molecule has 0 aliphatic heterocycles. The number of hydrogen-bond donors (Lipinski definition) is 2. The van der Waals surface area contributed by atoms with Gasteiger partial charge >= 0.3 is 0 Å². The highest BCUT2D eigenvalue weighted by Crippen LogP contribution is 2.10. The molecule has 0 aromatic heterocycles. The number of rotatable bonds is 8. The van der Waals surface area contributed by atoms with E-state index in [9.17, 15) is 9.18 Å². The molecule has 0 radical (unpaired) electrons. The van der Waals surface area contributed by atoms with Gasteiger partial charge in [0.2, 0.25) is 5.91 Å². The number of carbonyl (C=O) groups is 1. The van der Waals surface area contributed by atoms with E-state index >= 15 is 0 Å². The van der Waals surface area contributed by atoms with Gasteiger partial charge in [0.25, 0.3) is 0 Å². The lowest BCUT2D eigenvalue weighted by atomic mass is 10.1. The van der Waals surface area contributed by atoms with Crippen LogP contribution in [0.2, 0.25) is 5.02 Å². The van der Waals surface area contributed by atoms with Crippen LogP contribution in [0.15, 0.2) is 48.5 Å². The smallest absolute Gasteiger partial charge is 0.221 e. The molecule has 2 aromatic carbocycles. The van der Waals surface area contributed by atoms with Crippen molar-refractivity contribution >= 4 is 17.5 Å². The third-order valence-corrected chi connectivity index (χ3v) is 3.65. The Hall–Kier alpha value is -1.91. The number of hydrogen-bond acceptors (Lipinski definition) is 2. The highest BCUT2D eigenvalue weighted by atomic mass is 35.5. The number of amides is 1. The first-order chi connectivity index (χ1) is 11.1. The first kappa shape index (κ1) is 17.4. The highest BCUT2D eigenvalue weighted by Gasteiger charge is 2.01. The van der Waals surface area contributed by atoms with Gasteiger partial charge in [-0.05, 0) is 48.4 Å². The van der Waals surface area contributed by atoms with E-state index in [-0.39, 0.29) is 11.7 Å². The number of benzene rings is 2. The zero-order chi connectivity index (χ0) is 16.5. The van der Waals surface area contributed by atoms with Gasteiger partial charge in [0.15, 0.2) is 0 Å². The maximum atomic E-state index is 12.8. The van der Waals surface area contributed by atoms with Gasteiger partial charge in [0.1, 0.15) is 5.82 Å². The summed E-state index contributed by atoms with van der Waals surface area (Å²) in [5.74, 6) is -0.298. The minimum Gasteiger partial charge on any atom is -0.352 e. The molecule has 3 nitrogen and oxygen atoms in total. The fourth-order valence-electron chi connectivity index (χ4n) is 2.14. The van der Waals surface area contributed by atoms with Crippen LogP contribution in [0.4, 0.5) is 4.39 Å². The normalized spacial score (nSPS) is 10.5. The minimum atomic E-state index is -0.274. The first-order valence-electron chi connectivity index (χ1n) is 7.60. The Bertz CT molecular complexity index is 631. The Morgan fingerprint density at radius 3 is 2.57 bits per heavy atom. The lowest BCUT2D eigenvalue weighted by Gasteiger charge is -2.07. The largest absolute Gasteiger partial charge is 0.352 e. The maximum Gasteiger partial charge on any atom is 0.221 e. The van der Waals surface area contributed by atoms with Crippen molar-refractivity contribution in [1.82, 2.24) is 10.6 Å². The summed E-state index contributed by atoms with van der Waals surface area (Å²) in [7, 11) is 0. The summed E-state index contributed by atoms with van der Waals surface area (Å²) in [5, 5.41) is 6.79. The molecule has 0 fully saturated rings. The first-order valence-corrected chi connectivity index (χ1v) is 7.97. The lowest BCUT2D eigenvalue weighted by Crippen LogP contribution is -2.28. The van der Waals surface area contributed by atoms with Crippen molar-refractivity contribution in [3.63, 3.8) is 0 Å². The zero-order valence-electron chi connectivity index (χ0n) is 12.8. The molecule has 0 unspecified atom stereocenters. The van der Waals surface area contributed by atoms with E-state index in [1.165, 1.54) is 17.7 Å². The van der Waals surface area contributed by atoms with Crippen LogP contribution in [-0.4, -0.2) is 19.0 Å². The molecule has 0 aliphatic rings. The second kappa shape index (κ2) is 9.28. The third kappa shape index (κ3) is 6.80. The van der Waals surface area contributed by atoms with Crippen LogP contribution in [0.3, 0.4) is 0 Å². The van der Waals surface area contributed by atoms with E-state index < -0.39 is 0 Å². The number of halogens is 2. The van der Waals surface area contributed by atoms with Gasteiger partial charge in [-0.3, -0.25) is 4.79 Å². The van der Waals surface area contributed by atoms with Gasteiger partial charge in [-0.2, -0.15) is 0 Å². The Morgan fingerprint density at radius 2 is 1.83 bits per heavy atom. The highest BCUT2D eigenvalue weighted by molar-refractivity contribution is 6.30. The summed E-state index contributed by atoms with van der Waals surface area (Å²) in [5.41, 5.74) is 2.06. The van der Waals surface area contributed by atoms with Crippen LogP contribution >= 0.6 is 11.6 Å². The summed E-state index contributed by atoms with van der Waals surface area (Å²) >= 11 is 5.93. The maximum absolute atomic E-state index is 12.8. The van der Waals surface area contributed by atoms with E-state index in [1.54, 1.807) is 12.1 Å². The van der Waals surface area contributed by atoms with E-state index in [0.29, 0.717) is 19.5 Å². The van der Waals surface area contributed by atoms with Crippen molar-refractivity contribution in [3.8, 4) is 0 Å². The van der Waals surface area contributed by atoms with Gasteiger partial charge in [-0.25, -0.2) is 4.39 Å². The summed E-state index contributed by atoms with van der Waals surface area (Å²) in [6, 6.07) is 13.9. The molecule has 122 valence electrons. The predicted molar refractivity (Wildman–Crippen MR) is 90.9 cm³/mol. The summed E-state index contributed by atoms with van der Waals surface area (Å²) in [6.45, 7) is 1.84. The van der Waals surface area contributed by atoms with Crippen LogP contribution in [0, 0.1) is 5.82 Å². The lowest BCUT2D eigenvalue weighted by molar-refractivity contribution is -0.121. The standard InChI is InChI=1S/C18H20ClFN2O/c19-16-3-1-2-14(12-16)8-10-21-11-9-18(23)22-13-15-4-6-17(20)7-5-15/h1-7,12,21H,8-11,13H2,(H,22,23). The summed E-state index contributed by atoms with van der Waals surface area (Å²) < 4.78 is 12.8. The molecular weight excluding hydrogens is 315 g/mol. The van der Waals surface area contributed by atoms with Crippen LogP contribution < -0.4 is 10.6 Å². The molecule has 5 heteroatoms. The van der Waals surface area contributed by atoms with Gasteiger partial charge in [-0.15, -0.1) is 0 Å². The number of nitrogens with one attached hydrogen (secondary N) is 2. The topological polar surface area (TPSA) is 41.1 Å². The molecule has 0 saturated carbocycles. The van der Waals surface area contributed by atoms with E-state index in [2.05, 4.69) is 10.6 Å². The van der Waals surface area contributed by atoms with E-state index in [1.807, 2.05) is 24.3 Å². The van der Waals surface area contributed by atoms with Gasteiger partial charge in [0, 0.05) is 24.5 Å². The number of carbonyl (C=O) groups excluding carboxylic acids is 1. The monoisotopic (exact) mass is 334 g/mol. The molecule has 2 N–H and O–H groups in total. The Balaban J connectivity index is 1.57. The van der Waals surface area contributed by atoms with E-state index in [0.717, 1.165) is 23.6 Å². The molecular formula is C18H20ClFN2O. The van der Waals surface area contributed by atoms with Crippen LogP contribution in [0.5, 0.6) is 0 Å². The molecule has 0 spiro atoms. The molecule has 0 heterocycles. The molecule has 0 bridgehead atoms. The quantitative estimate of drug-likeness (QED) is 0.727. The van der Waals surface area contributed by atoms with Crippen molar-refractivity contribution in [1.29, 1.82) is 0 Å². The molecule has 0 atom stereocenters. The second-order valence-corrected chi connectivity index (χ2v) is 5.72. The fourth-order valence-corrected chi connectivity index (χ4v) is 2.36. The fraction of sp³-hybridized carbons (Fsp3) is 0.278. The van der Waals surface area contributed by atoms with Crippen LogP contribution in [0.1, 0.15) is 17.5 Å². The van der Waals surface area contributed by atoms with Crippen molar-refractivity contribution in [3.05, 3.63) is 70.5 Å². The average Bonchev–Trinajstić information content (AvgIpc) is 2.54. The van der Waals surface area contributed by atoms with Gasteiger partial charge < -0.3 is 10.6 Å². The van der Waals surface area contributed by atoms with Crippen LogP contribution in [-0.2, 0) is 17.8 Å². The van der Waals surface area contributed by atoms with Crippen molar-refractivity contribution in [2.75, 3.05) is 13.1 Å². The van der Waals surface area contributed by atoms with Gasteiger partial charge in [0.05, 0.1) is 0 Å². The SMILES string of the molecule is O=C(CCNCCc1cccc(Cl)c1)NCc1ccc(F)cc1. The molecule has 2 aromatic rings. The van der Waals surface area contributed by atoms with Gasteiger partial charge in [-0.1, -0.05) is 35.9 Å². The van der Waals surface area contributed by atoms with Crippen molar-refractivity contribution in [2.45, 2.75) is 19.4 Å². The van der Waals surface area contributed by atoms with Crippen molar-refractivity contribution < 1.29 is 9.18 Å². The molecule has 1 amide bonds. The molecule has 2 rings (SSSR count). The molecule has 23 heavy (non-hydrogen) atoms. The Morgan fingerprint density at radius 1 is 1.04 bits per heavy atom. The summed E-state index contributed by atoms with van der Waals surface area (Å²) in [4.78, 5) is 11.7.